The Balaban J connectivity index is 1.61. The van der Waals surface area contributed by atoms with Crippen molar-refractivity contribution in [2.45, 2.75) is 44.7 Å². The minimum Gasteiger partial charge on any atom is -0.299 e. The number of rotatable bonds is 4. The lowest BCUT2D eigenvalue weighted by Crippen LogP contribution is -2.38. The van der Waals surface area contributed by atoms with Crippen molar-refractivity contribution < 1.29 is 4.79 Å². The van der Waals surface area contributed by atoms with Crippen molar-refractivity contribution in [1.82, 2.24) is 9.80 Å². The average molecular weight is 292 g/mol. The molecule has 4 heteroatoms. The molecule has 0 amide bonds. The standard InChI is InChI=1S/C16H24N2OS/c1-3-14-6-7-16(20-14)15(19)11-18-9-8-12-4-5-13(10-18)17(12)2/h6-7,12-13H,3-5,8-11H2,1-2H3. The maximum atomic E-state index is 12.4. The van der Waals surface area contributed by atoms with Crippen molar-refractivity contribution >= 4 is 17.1 Å². The molecule has 20 heavy (non-hydrogen) atoms. The molecule has 2 saturated heterocycles. The lowest BCUT2D eigenvalue weighted by atomic mass is 10.1. The number of fused-ring (bicyclic) bond motifs is 2. The minimum absolute atomic E-state index is 0.301. The van der Waals surface area contributed by atoms with Gasteiger partial charge in [0.15, 0.2) is 5.78 Å². The van der Waals surface area contributed by atoms with Gasteiger partial charge >= 0.3 is 0 Å². The highest BCUT2D eigenvalue weighted by Gasteiger charge is 2.35. The third kappa shape index (κ3) is 2.83. The van der Waals surface area contributed by atoms with Crippen LogP contribution in [0.1, 0.15) is 40.7 Å². The Morgan fingerprint density at radius 1 is 1.30 bits per heavy atom. The lowest BCUT2D eigenvalue weighted by molar-refractivity contribution is 0.0927. The van der Waals surface area contributed by atoms with E-state index >= 15 is 0 Å². The normalized spacial score (nSPS) is 27.7. The molecule has 0 spiro atoms. The molecular weight excluding hydrogens is 268 g/mol. The summed E-state index contributed by atoms with van der Waals surface area (Å²) in [5, 5.41) is 0. The summed E-state index contributed by atoms with van der Waals surface area (Å²) in [6.45, 7) is 4.87. The van der Waals surface area contributed by atoms with Crippen LogP contribution in [0.3, 0.4) is 0 Å². The van der Waals surface area contributed by atoms with Crippen molar-refractivity contribution in [3.05, 3.63) is 21.9 Å². The van der Waals surface area contributed by atoms with Crippen molar-refractivity contribution in [3.63, 3.8) is 0 Å². The van der Waals surface area contributed by atoms with Crippen molar-refractivity contribution in [1.29, 1.82) is 0 Å². The van der Waals surface area contributed by atoms with E-state index in [9.17, 15) is 4.79 Å². The van der Waals surface area contributed by atoms with Crippen LogP contribution in [0, 0.1) is 0 Å². The number of aryl methyl sites for hydroxylation is 1. The predicted octanol–water partition coefficient (Wildman–Crippen LogP) is 2.66. The van der Waals surface area contributed by atoms with Gasteiger partial charge in [-0.3, -0.25) is 14.6 Å². The number of carbonyl (C=O) groups is 1. The second-order valence-electron chi connectivity index (χ2n) is 6.12. The summed E-state index contributed by atoms with van der Waals surface area (Å²) in [5.41, 5.74) is 0. The van der Waals surface area contributed by atoms with E-state index in [0.717, 1.165) is 30.4 Å². The fraction of sp³-hybridized carbons (Fsp3) is 0.688. The molecule has 0 N–H and O–H groups in total. The average Bonchev–Trinajstić information content (AvgIpc) is 2.99. The molecule has 2 bridgehead atoms. The van der Waals surface area contributed by atoms with E-state index in [4.69, 9.17) is 0 Å². The number of carbonyl (C=O) groups excluding carboxylic acids is 1. The highest BCUT2D eigenvalue weighted by molar-refractivity contribution is 7.14. The molecule has 2 aliphatic heterocycles. The molecule has 2 unspecified atom stereocenters. The van der Waals surface area contributed by atoms with Gasteiger partial charge in [0.05, 0.1) is 11.4 Å². The minimum atomic E-state index is 0.301. The molecule has 1 aromatic heterocycles. The second kappa shape index (κ2) is 5.96. The summed E-state index contributed by atoms with van der Waals surface area (Å²) < 4.78 is 0. The van der Waals surface area contributed by atoms with Crippen LogP contribution in [-0.4, -0.2) is 54.3 Å². The molecule has 2 fully saturated rings. The first-order valence-electron chi connectivity index (χ1n) is 7.73. The Kier molecular flexibility index (Phi) is 4.24. The number of nitrogens with zero attached hydrogens (tertiary/aromatic N) is 2. The van der Waals surface area contributed by atoms with Crippen LogP contribution in [0.5, 0.6) is 0 Å². The van der Waals surface area contributed by atoms with E-state index in [0.29, 0.717) is 18.4 Å². The highest BCUT2D eigenvalue weighted by Crippen LogP contribution is 2.28. The number of thiophene rings is 1. The monoisotopic (exact) mass is 292 g/mol. The molecule has 1 aromatic rings. The number of likely N-dealkylation sites (N-methyl/N-ethyl adjacent to an activating group) is 1. The summed E-state index contributed by atoms with van der Waals surface area (Å²) in [4.78, 5) is 19.5. The van der Waals surface area contributed by atoms with Crippen LogP contribution in [0.15, 0.2) is 12.1 Å². The summed E-state index contributed by atoms with van der Waals surface area (Å²) in [6, 6.07) is 5.50. The molecule has 3 heterocycles. The molecule has 2 aliphatic rings. The smallest absolute Gasteiger partial charge is 0.186 e. The second-order valence-corrected chi connectivity index (χ2v) is 7.29. The number of hydrogen-bond acceptors (Lipinski definition) is 4. The molecule has 110 valence electrons. The third-order valence-electron chi connectivity index (χ3n) is 4.88. The maximum Gasteiger partial charge on any atom is 0.186 e. The van der Waals surface area contributed by atoms with Gasteiger partial charge < -0.3 is 0 Å². The number of likely N-dealkylation sites (tertiary alicyclic amines) is 1. The van der Waals surface area contributed by atoms with Gasteiger partial charge in [0.1, 0.15) is 0 Å². The molecule has 0 radical (unpaired) electrons. The van der Waals surface area contributed by atoms with Gasteiger partial charge in [-0.1, -0.05) is 6.92 Å². The van der Waals surface area contributed by atoms with Crippen LogP contribution in [0.4, 0.5) is 0 Å². The van der Waals surface area contributed by atoms with Gasteiger partial charge in [0.2, 0.25) is 0 Å². The topological polar surface area (TPSA) is 23.6 Å². The zero-order chi connectivity index (χ0) is 14.1. The zero-order valence-corrected chi connectivity index (χ0v) is 13.3. The molecule has 3 rings (SSSR count). The fourth-order valence-corrected chi connectivity index (χ4v) is 4.40. The number of hydrogen-bond donors (Lipinski definition) is 0. The van der Waals surface area contributed by atoms with Gasteiger partial charge in [0, 0.05) is 30.1 Å². The number of Topliss-reactive ketones (excluding diaryl/α,β-unsaturated/α-hetero) is 1. The quantitative estimate of drug-likeness (QED) is 0.797. The molecule has 2 atom stereocenters. The first-order valence-corrected chi connectivity index (χ1v) is 8.55. The Morgan fingerprint density at radius 3 is 2.85 bits per heavy atom. The Labute approximate surface area is 125 Å². The van der Waals surface area contributed by atoms with Crippen LogP contribution >= 0.6 is 11.3 Å². The van der Waals surface area contributed by atoms with Gasteiger partial charge in [0.25, 0.3) is 0 Å². The van der Waals surface area contributed by atoms with Crippen molar-refractivity contribution in [3.8, 4) is 0 Å². The maximum absolute atomic E-state index is 12.4. The van der Waals surface area contributed by atoms with E-state index in [1.54, 1.807) is 11.3 Å². The van der Waals surface area contributed by atoms with E-state index in [2.05, 4.69) is 29.8 Å². The van der Waals surface area contributed by atoms with Gasteiger partial charge in [-0.15, -0.1) is 11.3 Å². The van der Waals surface area contributed by atoms with E-state index < -0.39 is 0 Å². The van der Waals surface area contributed by atoms with Crippen LogP contribution in [0.2, 0.25) is 0 Å². The summed E-state index contributed by atoms with van der Waals surface area (Å²) in [6.07, 6.45) is 4.87. The molecule has 3 nitrogen and oxygen atoms in total. The Morgan fingerprint density at radius 2 is 2.10 bits per heavy atom. The molecule has 0 aromatic carbocycles. The predicted molar refractivity (Wildman–Crippen MR) is 83.7 cm³/mol. The Hall–Kier alpha value is -0.710. The lowest BCUT2D eigenvalue weighted by Gasteiger charge is -2.24. The molecular formula is C16H24N2OS. The van der Waals surface area contributed by atoms with Crippen molar-refractivity contribution in [2.24, 2.45) is 0 Å². The summed E-state index contributed by atoms with van der Waals surface area (Å²) in [7, 11) is 2.25. The van der Waals surface area contributed by atoms with Crippen molar-refractivity contribution in [2.75, 3.05) is 26.7 Å². The largest absolute Gasteiger partial charge is 0.299 e. The summed E-state index contributed by atoms with van der Waals surface area (Å²) >= 11 is 1.66. The van der Waals surface area contributed by atoms with Gasteiger partial charge in [-0.2, -0.15) is 0 Å². The Bertz CT molecular complexity index is 485. The van der Waals surface area contributed by atoms with E-state index in [-0.39, 0.29) is 0 Å². The van der Waals surface area contributed by atoms with E-state index in [1.807, 2.05) is 6.07 Å². The molecule has 0 aliphatic carbocycles. The van der Waals surface area contributed by atoms with Gasteiger partial charge in [-0.05, 0) is 44.9 Å². The first-order chi connectivity index (χ1) is 9.67. The van der Waals surface area contributed by atoms with Crippen LogP contribution in [-0.2, 0) is 6.42 Å². The molecule has 0 saturated carbocycles. The van der Waals surface area contributed by atoms with Crippen LogP contribution in [0.25, 0.3) is 0 Å². The van der Waals surface area contributed by atoms with E-state index in [1.165, 1.54) is 24.1 Å². The first kappa shape index (κ1) is 14.2. The summed E-state index contributed by atoms with van der Waals surface area (Å²) in [5.74, 6) is 0.301. The van der Waals surface area contributed by atoms with Gasteiger partial charge in [-0.25, -0.2) is 0 Å². The SMILES string of the molecule is CCc1ccc(C(=O)CN2CCC3CCC(C2)N3C)s1. The number of ketones is 1. The van der Waals surface area contributed by atoms with Crippen LogP contribution < -0.4 is 0 Å². The third-order valence-corrected chi connectivity index (χ3v) is 6.16. The fourth-order valence-electron chi connectivity index (χ4n) is 3.52. The highest BCUT2D eigenvalue weighted by atomic mass is 32.1. The zero-order valence-electron chi connectivity index (χ0n) is 12.5.